The van der Waals surface area contributed by atoms with Gasteiger partial charge in [-0.3, -0.25) is 0 Å². The molecule has 3 rings (SSSR count). The molecule has 14 heavy (non-hydrogen) atoms. The molecule has 2 heterocycles. The van der Waals surface area contributed by atoms with Crippen LogP contribution in [0.3, 0.4) is 0 Å². The first-order valence-electron chi connectivity index (χ1n) is 4.68. The van der Waals surface area contributed by atoms with Gasteiger partial charge in [0.25, 0.3) is 0 Å². The monoisotopic (exact) mass is 185 g/mol. The van der Waals surface area contributed by atoms with Crippen LogP contribution in [0.15, 0.2) is 48.7 Å². The summed E-state index contributed by atoms with van der Waals surface area (Å²) in [5.41, 5.74) is 2.50. The molecule has 0 amide bonds. The molecule has 3 nitrogen and oxygen atoms in total. The van der Waals surface area contributed by atoms with Crippen molar-refractivity contribution in [2.75, 3.05) is 5.32 Å². The van der Waals surface area contributed by atoms with Crippen LogP contribution in [-0.2, 0) is 6.54 Å². The molecule has 0 fully saturated rings. The molecule has 0 radical (unpaired) electrons. The van der Waals surface area contributed by atoms with E-state index in [2.05, 4.69) is 39.9 Å². The number of hydrogen-bond acceptors (Lipinski definition) is 3. The van der Waals surface area contributed by atoms with Gasteiger partial charge in [-0.1, -0.05) is 18.2 Å². The van der Waals surface area contributed by atoms with E-state index in [1.54, 1.807) is 0 Å². The third-order valence-corrected chi connectivity index (χ3v) is 2.52. The lowest BCUT2D eigenvalue weighted by atomic mass is 10.2. The number of benzene rings is 1. The van der Waals surface area contributed by atoms with Crippen molar-refractivity contribution in [2.45, 2.75) is 6.54 Å². The van der Waals surface area contributed by atoms with Crippen LogP contribution in [0.25, 0.3) is 0 Å². The first kappa shape index (κ1) is 7.50. The third kappa shape index (κ3) is 1.06. The van der Waals surface area contributed by atoms with Crippen molar-refractivity contribution in [1.29, 1.82) is 0 Å². The predicted octanol–water partition coefficient (Wildman–Crippen LogP) is 1.79. The number of nitrogens with one attached hydrogen (secondary N) is 2. The fourth-order valence-electron chi connectivity index (χ4n) is 1.77. The normalized spacial score (nSPS) is 17.4. The molecule has 0 aliphatic carbocycles. The van der Waals surface area contributed by atoms with Crippen molar-refractivity contribution < 1.29 is 0 Å². The van der Waals surface area contributed by atoms with Gasteiger partial charge >= 0.3 is 0 Å². The average molecular weight is 185 g/mol. The van der Waals surface area contributed by atoms with Crippen molar-refractivity contribution >= 4 is 5.69 Å². The van der Waals surface area contributed by atoms with Crippen LogP contribution in [0.5, 0.6) is 0 Å². The highest BCUT2D eigenvalue weighted by Gasteiger charge is 2.15. The Morgan fingerprint density at radius 3 is 3.07 bits per heavy atom. The molecule has 0 saturated heterocycles. The summed E-state index contributed by atoms with van der Waals surface area (Å²) in [6.07, 6.45) is 5.99. The molecule has 0 aromatic heterocycles. The zero-order valence-corrected chi connectivity index (χ0v) is 7.70. The van der Waals surface area contributed by atoms with Crippen LogP contribution >= 0.6 is 0 Å². The Morgan fingerprint density at radius 1 is 1.14 bits per heavy atom. The van der Waals surface area contributed by atoms with E-state index in [9.17, 15) is 0 Å². The Kier molecular flexibility index (Phi) is 1.50. The second kappa shape index (κ2) is 2.80. The number of hydrogen-bond donors (Lipinski definition) is 2. The molecule has 0 spiro atoms. The summed E-state index contributed by atoms with van der Waals surface area (Å²) in [6.45, 7) is 0.915. The van der Waals surface area contributed by atoms with Crippen LogP contribution in [0.1, 0.15) is 5.56 Å². The van der Waals surface area contributed by atoms with Crippen LogP contribution in [-0.4, -0.2) is 4.90 Å². The van der Waals surface area contributed by atoms with Gasteiger partial charge in [0, 0.05) is 24.3 Å². The van der Waals surface area contributed by atoms with Gasteiger partial charge in [-0.15, -0.1) is 0 Å². The fourth-order valence-corrected chi connectivity index (χ4v) is 1.77. The summed E-state index contributed by atoms with van der Waals surface area (Å²) in [6, 6.07) is 8.35. The molecular weight excluding hydrogens is 174 g/mol. The first-order valence-corrected chi connectivity index (χ1v) is 4.68. The van der Waals surface area contributed by atoms with Crippen LogP contribution in [0, 0.1) is 0 Å². The molecule has 2 N–H and O–H groups in total. The number of nitrogens with zero attached hydrogens (tertiary/aromatic N) is 1. The largest absolute Gasteiger partial charge is 0.358 e. The number of fused-ring (bicyclic) bond motifs is 2. The van der Waals surface area contributed by atoms with E-state index in [0.29, 0.717) is 0 Å². The highest BCUT2D eigenvalue weighted by Crippen LogP contribution is 2.24. The van der Waals surface area contributed by atoms with Gasteiger partial charge in [0.2, 0.25) is 0 Å². The molecule has 0 saturated carbocycles. The van der Waals surface area contributed by atoms with Gasteiger partial charge in [0.1, 0.15) is 5.82 Å². The lowest BCUT2D eigenvalue weighted by Crippen LogP contribution is -2.16. The SMILES string of the molecule is C1=CN2Cc3ccccc3NC=C2N1. The van der Waals surface area contributed by atoms with Gasteiger partial charge in [-0.25, -0.2) is 0 Å². The Bertz CT molecular complexity index is 420. The maximum absolute atomic E-state index is 3.29. The quantitative estimate of drug-likeness (QED) is 0.645. The molecule has 0 atom stereocenters. The minimum atomic E-state index is 0.915. The van der Waals surface area contributed by atoms with Gasteiger partial charge < -0.3 is 15.5 Å². The standard InChI is InChI=1S/C11H11N3/c1-2-4-10-9(3-1)8-14-6-5-12-11(14)7-13-10/h1-7,12-13H,8H2. The van der Waals surface area contributed by atoms with Crippen molar-refractivity contribution in [3.05, 3.63) is 54.2 Å². The molecule has 2 aliphatic heterocycles. The zero-order chi connectivity index (χ0) is 9.38. The van der Waals surface area contributed by atoms with E-state index in [1.807, 2.05) is 18.5 Å². The summed E-state index contributed by atoms with van der Waals surface area (Å²) < 4.78 is 0. The Balaban J connectivity index is 2.03. The zero-order valence-electron chi connectivity index (χ0n) is 7.70. The van der Waals surface area contributed by atoms with Crippen LogP contribution < -0.4 is 10.6 Å². The van der Waals surface area contributed by atoms with Crippen molar-refractivity contribution in [3.63, 3.8) is 0 Å². The highest BCUT2D eigenvalue weighted by molar-refractivity contribution is 5.54. The Labute approximate surface area is 82.7 Å². The number of rotatable bonds is 0. The smallest absolute Gasteiger partial charge is 0.126 e. The third-order valence-electron chi connectivity index (χ3n) is 2.52. The van der Waals surface area contributed by atoms with E-state index >= 15 is 0 Å². The summed E-state index contributed by atoms with van der Waals surface area (Å²) in [4.78, 5) is 2.18. The summed E-state index contributed by atoms with van der Waals surface area (Å²) in [5.74, 6) is 1.10. The van der Waals surface area contributed by atoms with Crippen LogP contribution in [0.2, 0.25) is 0 Å². The minimum Gasteiger partial charge on any atom is -0.358 e. The minimum absolute atomic E-state index is 0.915. The van der Waals surface area contributed by atoms with E-state index in [4.69, 9.17) is 0 Å². The van der Waals surface area contributed by atoms with Crippen molar-refractivity contribution in [2.24, 2.45) is 0 Å². The fraction of sp³-hybridized carbons (Fsp3) is 0.0909. The van der Waals surface area contributed by atoms with E-state index < -0.39 is 0 Å². The highest BCUT2D eigenvalue weighted by atomic mass is 15.3. The van der Waals surface area contributed by atoms with E-state index in [-0.39, 0.29) is 0 Å². The molecule has 0 unspecified atom stereocenters. The Hall–Kier alpha value is -1.90. The van der Waals surface area contributed by atoms with Crippen LogP contribution in [0.4, 0.5) is 5.69 Å². The molecular formula is C11H11N3. The Morgan fingerprint density at radius 2 is 2.07 bits per heavy atom. The predicted molar refractivity (Wildman–Crippen MR) is 56.0 cm³/mol. The molecule has 1 aromatic carbocycles. The van der Waals surface area contributed by atoms with Gasteiger partial charge in [-0.05, 0) is 11.6 Å². The number of anilines is 1. The van der Waals surface area contributed by atoms with Gasteiger partial charge in [-0.2, -0.15) is 0 Å². The van der Waals surface area contributed by atoms with E-state index in [0.717, 1.165) is 12.4 Å². The van der Waals surface area contributed by atoms with Gasteiger partial charge in [0.05, 0.1) is 6.54 Å². The van der Waals surface area contributed by atoms with E-state index in [1.165, 1.54) is 11.3 Å². The lowest BCUT2D eigenvalue weighted by Gasteiger charge is -2.15. The second-order valence-corrected chi connectivity index (χ2v) is 3.42. The maximum atomic E-state index is 3.29. The number of para-hydroxylation sites is 1. The van der Waals surface area contributed by atoms with Gasteiger partial charge in [0.15, 0.2) is 0 Å². The first-order chi connectivity index (χ1) is 6.93. The average Bonchev–Trinajstić information content (AvgIpc) is 2.58. The topological polar surface area (TPSA) is 27.3 Å². The van der Waals surface area contributed by atoms with Crippen molar-refractivity contribution in [1.82, 2.24) is 10.2 Å². The summed E-state index contributed by atoms with van der Waals surface area (Å²) in [5, 5.41) is 6.47. The summed E-state index contributed by atoms with van der Waals surface area (Å²) >= 11 is 0. The second-order valence-electron chi connectivity index (χ2n) is 3.42. The lowest BCUT2D eigenvalue weighted by molar-refractivity contribution is 0.465. The molecule has 0 bridgehead atoms. The summed E-state index contributed by atoms with van der Waals surface area (Å²) in [7, 11) is 0. The van der Waals surface area contributed by atoms with Crippen molar-refractivity contribution in [3.8, 4) is 0 Å². The molecule has 2 aliphatic rings. The maximum Gasteiger partial charge on any atom is 0.126 e. The molecule has 1 aromatic rings. The molecule has 3 heteroatoms. The molecule has 70 valence electrons.